The monoisotopic (exact) mass is 261 g/mol. The van der Waals surface area contributed by atoms with Gasteiger partial charge < -0.3 is 10.0 Å². The Bertz CT molecular complexity index is 357. The third-order valence-electron chi connectivity index (χ3n) is 4.48. The van der Waals surface area contributed by atoms with Crippen molar-refractivity contribution in [1.82, 2.24) is 4.90 Å². The summed E-state index contributed by atoms with van der Waals surface area (Å²) in [7, 11) is 2.19. The zero-order valence-corrected chi connectivity index (χ0v) is 12.1. The molecule has 0 spiro atoms. The summed E-state index contributed by atoms with van der Waals surface area (Å²) in [6.45, 7) is 2.46. The highest BCUT2D eigenvalue weighted by Crippen LogP contribution is 2.36. The minimum atomic E-state index is 0.170. The van der Waals surface area contributed by atoms with E-state index in [1.807, 2.05) is 0 Å². The lowest BCUT2D eigenvalue weighted by Gasteiger charge is -2.38. The Morgan fingerprint density at radius 1 is 1.11 bits per heavy atom. The van der Waals surface area contributed by atoms with Crippen molar-refractivity contribution in [2.24, 2.45) is 5.41 Å². The molecule has 19 heavy (non-hydrogen) atoms. The first-order valence-electron chi connectivity index (χ1n) is 7.57. The van der Waals surface area contributed by atoms with Gasteiger partial charge in [-0.1, -0.05) is 49.6 Å². The summed E-state index contributed by atoms with van der Waals surface area (Å²) in [5.41, 5.74) is 1.57. The summed E-state index contributed by atoms with van der Waals surface area (Å²) in [5, 5.41) is 9.75. The predicted molar refractivity (Wildman–Crippen MR) is 80.2 cm³/mol. The van der Waals surface area contributed by atoms with Crippen molar-refractivity contribution < 1.29 is 5.11 Å². The van der Waals surface area contributed by atoms with E-state index in [0.717, 1.165) is 19.5 Å². The maximum absolute atomic E-state index is 9.75. The minimum absolute atomic E-state index is 0.170. The fraction of sp³-hybridized carbons (Fsp3) is 0.647. The average Bonchev–Trinajstić information content (AvgIpc) is 2.47. The molecule has 1 aromatic carbocycles. The summed E-state index contributed by atoms with van der Waals surface area (Å²) in [6.07, 6.45) is 7.40. The van der Waals surface area contributed by atoms with E-state index in [1.165, 1.54) is 37.7 Å². The number of nitrogens with zero attached hydrogens (tertiary/aromatic N) is 1. The Labute approximate surface area is 117 Å². The number of likely N-dealkylation sites (N-methyl/N-ethyl adjacent to an activating group) is 1. The molecule has 0 amide bonds. The number of benzene rings is 1. The standard InChI is InChI=1S/C17H27NO/c1-18(13-10-16-8-4-2-5-9-16)14-17(15-19)11-6-3-7-12-17/h2,4-5,8-9,19H,3,6-7,10-15H2,1H3. The van der Waals surface area contributed by atoms with Crippen LogP contribution in [0, 0.1) is 5.41 Å². The Morgan fingerprint density at radius 2 is 1.79 bits per heavy atom. The third kappa shape index (κ3) is 4.32. The number of aliphatic hydroxyl groups excluding tert-OH is 1. The first-order valence-corrected chi connectivity index (χ1v) is 7.57. The van der Waals surface area contributed by atoms with Crippen LogP contribution >= 0.6 is 0 Å². The molecule has 0 heterocycles. The number of rotatable bonds is 6. The second kappa shape index (κ2) is 7.06. The van der Waals surface area contributed by atoms with Crippen LogP contribution < -0.4 is 0 Å². The van der Waals surface area contributed by atoms with Crippen molar-refractivity contribution in [3.8, 4) is 0 Å². The van der Waals surface area contributed by atoms with Gasteiger partial charge in [-0.15, -0.1) is 0 Å². The number of aliphatic hydroxyl groups is 1. The molecule has 1 aliphatic carbocycles. The first-order chi connectivity index (χ1) is 9.24. The van der Waals surface area contributed by atoms with Gasteiger partial charge >= 0.3 is 0 Å². The van der Waals surface area contributed by atoms with Crippen LogP contribution in [0.1, 0.15) is 37.7 Å². The van der Waals surface area contributed by atoms with Gasteiger partial charge in [0.05, 0.1) is 0 Å². The maximum Gasteiger partial charge on any atom is 0.0499 e. The minimum Gasteiger partial charge on any atom is -0.396 e. The van der Waals surface area contributed by atoms with Crippen LogP contribution in [-0.4, -0.2) is 36.8 Å². The number of hydrogen-bond donors (Lipinski definition) is 1. The van der Waals surface area contributed by atoms with E-state index in [1.54, 1.807) is 0 Å². The van der Waals surface area contributed by atoms with Crippen LogP contribution in [0.2, 0.25) is 0 Å². The van der Waals surface area contributed by atoms with Crippen molar-refractivity contribution in [3.63, 3.8) is 0 Å². The average molecular weight is 261 g/mol. The fourth-order valence-electron chi connectivity index (χ4n) is 3.28. The molecule has 0 radical (unpaired) electrons. The molecule has 0 aliphatic heterocycles. The fourth-order valence-corrected chi connectivity index (χ4v) is 3.28. The van der Waals surface area contributed by atoms with Gasteiger partial charge in [-0.2, -0.15) is 0 Å². The van der Waals surface area contributed by atoms with E-state index >= 15 is 0 Å². The Morgan fingerprint density at radius 3 is 2.42 bits per heavy atom. The van der Waals surface area contributed by atoms with Gasteiger partial charge in [0.1, 0.15) is 0 Å². The molecule has 2 nitrogen and oxygen atoms in total. The first kappa shape index (κ1) is 14.5. The van der Waals surface area contributed by atoms with Crippen LogP contribution in [0.15, 0.2) is 30.3 Å². The Kier molecular flexibility index (Phi) is 5.41. The van der Waals surface area contributed by atoms with Gasteiger partial charge in [0.25, 0.3) is 0 Å². The van der Waals surface area contributed by atoms with Gasteiger partial charge in [0.15, 0.2) is 0 Å². The van der Waals surface area contributed by atoms with Crippen molar-refractivity contribution in [3.05, 3.63) is 35.9 Å². The molecule has 106 valence electrons. The zero-order chi connectivity index (χ0) is 13.6. The largest absolute Gasteiger partial charge is 0.396 e. The molecule has 0 bridgehead atoms. The molecule has 0 saturated heterocycles. The van der Waals surface area contributed by atoms with Crippen molar-refractivity contribution >= 4 is 0 Å². The van der Waals surface area contributed by atoms with Crippen LogP contribution in [0.3, 0.4) is 0 Å². The molecule has 1 N–H and O–H groups in total. The second-order valence-electron chi connectivity index (χ2n) is 6.19. The second-order valence-corrected chi connectivity index (χ2v) is 6.19. The zero-order valence-electron chi connectivity index (χ0n) is 12.1. The molecule has 2 rings (SSSR count). The highest BCUT2D eigenvalue weighted by atomic mass is 16.3. The predicted octanol–water partition coefficient (Wildman–Crippen LogP) is 3.10. The van der Waals surface area contributed by atoms with Gasteiger partial charge in [-0.3, -0.25) is 0 Å². The lowest BCUT2D eigenvalue weighted by molar-refractivity contribution is 0.0488. The molecule has 0 atom stereocenters. The lowest BCUT2D eigenvalue weighted by atomic mass is 9.74. The third-order valence-corrected chi connectivity index (χ3v) is 4.48. The van der Waals surface area contributed by atoms with Crippen LogP contribution in [-0.2, 0) is 6.42 Å². The van der Waals surface area contributed by atoms with Gasteiger partial charge in [0.2, 0.25) is 0 Å². The molecule has 1 saturated carbocycles. The van der Waals surface area contributed by atoms with E-state index in [-0.39, 0.29) is 5.41 Å². The van der Waals surface area contributed by atoms with Gasteiger partial charge in [-0.25, -0.2) is 0 Å². The van der Waals surface area contributed by atoms with E-state index in [4.69, 9.17) is 0 Å². The lowest BCUT2D eigenvalue weighted by Crippen LogP contribution is -2.40. The SMILES string of the molecule is CN(CCc1ccccc1)CC1(CO)CCCCC1. The van der Waals surface area contributed by atoms with Crippen LogP contribution in [0.4, 0.5) is 0 Å². The summed E-state index contributed by atoms with van der Waals surface area (Å²) in [4.78, 5) is 2.40. The smallest absolute Gasteiger partial charge is 0.0499 e. The van der Waals surface area contributed by atoms with Gasteiger partial charge in [0, 0.05) is 25.1 Å². The Hall–Kier alpha value is -0.860. The summed E-state index contributed by atoms with van der Waals surface area (Å²) >= 11 is 0. The quantitative estimate of drug-likeness (QED) is 0.850. The molecule has 0 unspecified atom stereocenters. The molecule has 0 aromatic heterocycles. The van der Waals surface area contributed by atoms with E-state index in [2.05, 4.69) is 42.3 Å². The molecular formula is C17H27NO. The van der Waals surface area contributed by atoms with E-state index in [9.17, 15) is 5.11 Å². The normalized spacial score (nSPS) is 18.7. The molecular weight excluding hydrogens is 234 g/mol. The summed E-state index contributed by atoms with van der Waals surface area (Å²) in [5.74, 6) is 0. The molecule has 1 aliphatic rings. The van der Waals surface area contributed by atoms with Crippen LogP contribution in [0.25, 0.3) is 0 Å². The van der Waals surface area contributed by atoms with Crippen molar-refractivity contribution in [2.75, 3.05) is 26.7 Å². The molecule has 1 aromatic rings. The van der Waals surface area contributed by atoms with E-state index < -0.39 is 0 Å². The topological polar surface area (TPSA) is 23.5 Å². The summed E-state index contributed by atoms with van der Waals surface area (Å²) in [6, 6.07) is 10.7. The molecule has 2 heteroatoms. The summed E-state index contributed by atoms with van der Waals surface area (Å²) < 4.78 is 0. The molecule has 1 fully saturated rings. The van der Waals surface area contributed by atoms with Crippen molar-refractivity contribution in [2.45, 2.75) is 38.5 Å². The van der Waals surface area contributed by atoms with E-state index in [0.29, 0.717) is 6.61 Å². The van der Waals surface area contributed by atoms with Gasteiger partial charge in [-0.05, 0) is 31.9 Å². The highest BCUT2D eigenvalue weighted by Gasteiger charge is 2.32. The highest BCUT2D eigenvalue weighted by molar-refractivity contribution is 5.14. The maximum atomic E-state index is 9.75. The van der Waals surface area contributed by atoms with Crippen LogP contribution in [0.5, 0.6) is 0 Å². The number of hydrogen-bond acceptors (Lipinski definition) is 2. The Balaban J connectivity index is 1.81. The van der Waals surface area contributed by atoms with Crippen molar-refractivity contribution in [1.29, 1.82) is 0 Å².